The summed E-state index contributed by atoms with van der Waals surface area (Å²) in [6.07, 6.45) is 8.88. The van der Waals surface area contributed by atoms with Crippen LogP contribution in [0.3, 0.4) is 0 Å². The van der Waals surface area contributed by atoms with E-state index in [1.165, 1.54) is 31.3 Å². The van der Waals surface area contributed by atoms with Crippen molar-refractivity contribution in [2.24, 2.45) is 17.3 Å². The molecule has 0 unspecified atom stereocenters. The van der Waals surface area contributed by atoms with Crippen molar-refractivity contribution in [2.75, 3.05) is 0 Å². The highest BCUT2D eigenvalue weighted by molar-refractivity contribution is 5.21. The van der Waals surface area contributed by atoms with Gasteiger partial charge >= 0.3 is 0 Å². The molecule has 1 nitrogen and oxygen atoms in total. The van der Waals surface area contributed by atoms with Crippen molar-refractivity contribution in [3.63, 3.8) is 0 Å². The Morgan fingerprint density at radius 3 is 2.69 bits per heavy atom. The van der Waals surface area contributed by atoms with Crippen LogP contribution in [-0.2, 0) is 0 Å². The first-order valence-electron chi connectivity index (χ1n) is 6.76. The molecule has 0 aromatic heterocycles. The molecule has 16 heavy (non-hydrogen) atoms. The van der Waals surface area contributed by atoms with Crippen LogP contribution in [0.15, 0.2) is 11.6 Å². The summed E-state index contributed by atoms with van der Waals surface area (Å²) in [5, 5.41) is 10.1. The van der Waals surface area contributed by atoms with Crippen molar-refractivity contribution >= 4 is 0 Å². The number of allylic oxidation sites excluding steroid dienone is 1. The van der Waals surface area contributed by atoms with Crippen molar-refractivity contribution < 1.29 is 5.11 Å². The molecular formula is C15H26O. The normalized spacial score (nSPS) is 40.2. The minimum Gasteiger partial charge on any atom is -0.386 e. The first-order valence-corrected chi connectivity index (χ1v) is 6.76. The van der Waals surface area contributed by atoms with Crippen LogP contribution in [0.5, 0.6) is 0 Å². The Balaban J connectivity index is 2.28. The average molecular weight is 222 g/mol. The minimum atomic E-state index is -0.613. The van der Waals surface area contributed by atoms with Crippen LogP contribution in [0.25, 0.3) is 0 Å². The third-order valence-corrected chi connectivity index (χ3v) is 4.96. The van der Waals surface area contributed by atoms with Crippen LogP contribution in [0.1, 0.15) is 59.8 Å². The van der Waals surface area contributed by atoms with Crippen LogP contribution in [0.4, 0.5) is 0 Å². The van der Waals surface area contributed by atoms with Crippen LogP contribution in [0.2, 0.25) is 0 Å². The molecule has 1 saturated carbocycles. The SMILES string of the molecule is C[C@@H]1CCC[C@]2(C)CCC(C(C)(C)O)=C[C@@H]12. The van der Waals surface area contributed by atoms with Crippen molar-refractivity contribution in [3.05, 3.63) is 11.6 Å². The van der Waals surface area contributed by atoms with Crippen molar-refractivity contribution in [2.45, 2.75) is 65.4 Å². The lowest BCUT2D eigenvalue weighted by molar-refractivity contribution is 0.0604. The zero-order valence-corrected chi connectivity index (χ0v) is 11.2. The number of hydrogen-bond donors (Lipinski definition) is 1. The van der Waals surface area contributed by atoms with Gasteiger partial charge in [-0.05, 0) is 55.9 Å². The topological polar surface area (TPSA) is 20.2 Å². The molecule has 2 rings (SSSR count). The number of fused-ring (bicyclic) bond motifs is 1. The van der Waals surface area contributed by atoms with Gasteiger partial charge in [-0.1, -0.05) is 32.8 Å². The summed E-state index contributed by atoms with van der Waals surface area (Å²) < 4.78 is 0. The molecule has 0 radical (unpaired) electrons. The van der Waals surface area contributed by atoms with Gasteiger partial charge in [0.25, 0.3) is 0 Å². The molecule has 0 saturated heterocycles. The van der Waals surface area contributed by atoms with Crippen molar-refractivity contribution in [3.8, 4) is 0 Å². The fraction of sp³-hybridized carbons (Fsp3) is 0.867. The van der Waals surface area contributed by atoms with Gasteiger partial charge in [0, 0.05) is 0 Å². The molecule has 1 fully saturated rings. The van der Waals surface area contributed by atoms with E-state index in [1.807, 2.05) is 13.8 Å². The van der Waals surface area contributed by atoms with Gasteiger partial charge in [0.05, 0.1) is 5.60 Å². The molecule has 0 spiro atoms. The Morgan fingerprint density at radius 2 is 2.06 bits per heavy atom. The van der Waals surface area contributed by atoms with Crippen LogP contribution in [0, 0.1) is 17.3 Å². The number of hydrogen-bond acceptors (Lipinski definition) is 1. The lowest BCUT2D eigenvalue weighted by Crippen LogP contribution is -2.39. The third kappa shape index (κ3) is 2.07. The molecule has 0 amide bonds. The molecule has 1 heteroatoms. The Hall–Kier alpha value is -0.300. The molecule has 3 atom stereocenters. The second-order valence-corrected chi connectivity index (χ2v) is 6.80. The maximum Gasteiger partial charge on any atom is 0.0800 e. The molecule has 0 aromatic rings. The molecular weight excluding hydrogens is 196 g/mol. The largest absolute Gasteiger partial charge is 0.386 e. The van der Waals surface area contributed by atoms with Crippen molar-refractivity contribution in [1.82, 2.24) is 0 Å². The van der Waals surface area contributed by atoms with Gasteiger partial charge in [0.2, 0.25) is 0 Å². The fourth-order valence-electron chi connectivity index (χ4n) is 3.75. The van der Waals surface area contributed by atoms with E-state index >= 15 is 0 Å². The fourth-order valence-corrected chi connectivity index (χ4v) is 3.75. The second kappa shape index (κ2) is 3.87. The van der Waals surface area contributed by atoms with E-state index < -0.39 is 5.60 Å². The smallest absolute Gasteiger partial charge is 0.0800 e. The minimum absolute atomic E-state index is 0.506. The molecule has 0 bridgehead atoms. The van der Waals surface area contributed by atoms with Crippen LogP contribution in [-0.4, -0.2) is 10.7 Å². The third-order valence-electron chi connectivity index (χ3n) is 4.96. The summed E-state index contributed by atoms with van der Waals surface area (Å²) in [5.74, 6) is 1.48. The van der Waals surface area contributed by atoms with Gasteiger partial charge in [0.15, 0.2) is 0 Å². The zero-order valence-electron chi connectivity index (χ0n) is 11.2. The van der Waals surface area contributed by atoms with E-state index in [0.29, 0.717) is 11.3 Å². The summed E-state index contributed by atoms with van der Waals surface area (Å²) >= 11 is 0. The standard InChI is InChI=1S/C15H26O/c1-11-6-5-8-15(4)9-7-12(10-13(11)15)14(2,3)16/h10-11,13,16H,5-9H2,1-4H3/t11-,13+,15-/m1/s1. The van der Waals surface area contributed by atoms with Gasteiger partial charge in [-0.15, -0.1) is 0 Å². The predicted molar refractivity (Wildman–Crippen MR) is 68.2 cm³/mol. The molecule has 2 aliphatic carbocycles. The predicted octanol–water partition coefficient (Wildman–Crippen LogP) is 3.92. The van der Waals surface area contributed by atoms with E-state index in [1.54, 1.807) is 0 Å². The highest BCUT2D eigenvalue weighted by atomic mass is 16.3. The van der Waals surface area contributed by atoms with Crippen LogP contribution < -0.4 is 0 Å². The highest BCUT2D eigenvalue weighted by Gasteiger charge is 2.42. The molecule has 0 heterocycles. The van der Waals surface area contributed by atoms with Gasteiger partial charge in [0.1, 0.15) is 0 Å². The molecule has 2 aliphatic rings. The van der Waals surface area contributed by atoms with E-state index in [-0.39, 0.29) is 0 Å². The second-order valence-electron chi connectivity index (χ2n) is 6.80. The van der Waals surface area contributed by atoms with E-state index in [4.69, 9.17) is 0 Å². The van der Waals surface area contributed by atoms with Crippen molar-refractivity contribution in [1.29, 1.82) is 0 Å². The Kier molecular flexibility index (Phi) is 2.94. The molecule has 0 aromatic carbocycles. The summed E-state index contributed by atoms with van der Waals surface area (Å²) in [6, 6.07) is 0. The molecule has 0 aliphatic heterocycles. The van der Waals surface area contributed by atoms with Gasteiger partial charge in [-0.3, -0.25) is 0 Å². The summed E-state index contributed by atoms with van der Waals surface area (Å²) in [5.41, 5.74) is 1.16. The summed E-state index contributed by atoms with van der Waals surface area (Å²) in [7, 11) is 0. The van der Waals surface area contributed by atoms with Gasteiger partial charge < -0.3 is 5.11 Å². The maximum absolute atomic E-state index is 10.1. The lowest BCUT2D eigenvalue weighted by atomic mass is 9.57. The van der Waals surface area contributed by atoms with E-state index in [2.05, 4.69) is 19.9 Å². The van der Waals surface area contributed by atoms with Gasteiger partial charge in [-0.25, -0.2) is 0 Å². The first kappa shape index (κ1) is 12.2. The Bertz CT molecular complexity index is 297. The maximum atomic E-state index is 10.1. The quantitative estimate of drug-likeness (QED) is 0.667. The first-order chi connectivity index (χ1) is 7.33. The average Bonchev–Trinajstić information content (AvgIpc) is 2.15. The molecule has 92 valence electrons. The van der Waals surface area contributed by atoms with Crippen LogP contribution >= 0.6 is 0 Å². The molecule has 1 N–H and O–H groups in total. The van der Waals surface area contributed by atoms with E-state index in [9.17, 15) is 5.11 Å². The number of aliphatic hydroxyl groups is 1. The number of rotatable bonds is 1. The summed E-state index contributed by atoms with van der Waals surface area (Å²) in [6.45, 7) is 8.68. The summed E-state index contributed by atoms with van der Waals surface area (Å²) in [4.78, 5) is 0. The highest BCUT2D eigenvalue weighted by Crippen LogP contribution is 2.52. The van der Waals surface area contributed by atoms with Gasteiger partial charge in [-0.2, -0.15) is 0 Å². The zero-order chi connectivity index (χ0) is 12.0. The monoisotopic (exact) mass is 222 g/mol. The lowest BCUT2D eigenvalue weighted by Gasteiger charge is -2.48. The Morgan fingerprint density at radius 1 is 1.38 bits per heavy atom. The Labute approximate surface area is 99.9 Å². The van der Waals surface area contributed by atoms with E-state index in [0.717, 1.165) is 12.3 Å².